The molecule has 3 aromatic rings. The molecule has 0 bridgehead atoms. The quantitative estimate of drug-likeness (QED) is 0.174. The minimum absolute atomic E-state index is 0.0169. The van der Waals surface area contributed by atoms with Gasteiger partial charge in [0.1, 0.15) is 18.3 Å². The molecule has 0 radical (unpaired) electrons. The molecule has 0 aromatic heterocycles. The molecule has 1 saturated heterocycles. The van der Waals surface area contributed by atoms with E-state index >= 15 is 0 Å². The number of benzene rings is 3. The highest BCUT2D eigenvalue weighted by molar-refractivity contribution is 6.74. The fraction of sp³-hybridized carbons (Fsp3) is 0.471. The Hall–Kier alpha value is -2.32. The molecule has 0 spiro atoms. The molecule has 5 rings (SSSR count). The van der Waals surface area contributed by atoms with Crippen LogP contribution in [-0.2, 0) is 43.2 Å². The van der Waals surface area contributed by atoms with Gasteiger partial charge in [0.25, 0.3) is 0 Å². The molecule has 5 nitrogen and oxygen atoms in total. The SMILES string of the molecule is CC(C)(C)[Si](C)(C)O[C@H]1[C@@H](OCc2ccccc2)[C@H](OCc2ccccc2)[C@@H](COCc2ccccc2)[C@@H]2O[C@H]12. The normalized spacial score (nSPS) is 26.3. The standard InChI is InChI=1S/C34H44O5Si/c1-34(2,3)40(4,5)39-33-31(37-23-27-19-13-8-14-20-27)29(36-22-26-17-11-7-12-18-26)28(30-32(33)38-30)24-35-21-25-15-9-6-10-16-25/h6-20,28-33H,21-24H2,1-5H3/t28-,29-,30+,31+,32+,33+/m1/s1. The summed E-state index contributed by atoms with van der Waals surface area (Å²) < 4.78 is 33.3. The Morgan fingerprint density at radius 1 is 0.625 bits per heavy atom. The van der Waals surface area contributed by atoms with Crippen molar-refractivity contribution in [3.05, 3.63) is 108 Å². The van der Waals surface area contributed by atoms with Crippen LogP contribution < -0.4 is 0 Å². The summed E-state index contributed by atoms with van der Waals surface area (Å²) in [5.74, 6) is 0.0393. The van der Waals surface area contributed by atoms with Gasteiger partial charge in [0, 0.05) is 5.92 Å². The van der Waals surface area contributed by atoms with Crippen LogP contribution in [0.2, 0.25) is 18.1 Å². The van der Waals surface area contributed by atoms with Crippen molar-refractivity contribution in [3.8, 4) is 0 Å². The second-order valence-corrected chi connectivity index (χ2v) is 17.4. The number of hydrogen-bond donors (Lipinski definition) is 0. The van der Waals surface area contributed by atoms with Crippen LogP contribution in [0.25, 0.3) is 0 Å². The lowest BCUT2D eigenvalue weighted by Crippen LogP contribution is -2.59. The van der Waals surface area contributed by atoms with Gasteiger partial charge in [-0.1, -0.05) is 112 Å². The van der Waals surface area contributed by atoms with Crippen LogP contribution >= 0.6 is 0 Å². The maximum atomic E-state index is 7.07. The summed E-state index contributed by atoms with van der Waals surface area (Å²) in [6.45, 7) is 13.5. The van der Waals surface area contributed by atoms with Crippen molar-refractivity contribution in [1.82, 2.24) is 0 Å². The lowest BCUT2D eigenvalue weighted by atomic mass is 9.82. The minimum Gasteiger partial charge on any atom is -0.408 e. The molecular formula is C34H44O5Si. The Labute approximate surface area is 240 Å². The summed E-state index contributed by atoms with van der Waals surface area (Å²) in [5.41, 5.74) is 3.42. The smallest absolute Gasteiger partial charge is 0.192 e. The molecule has 2 aliphatic rings. The van der Waals surface area contributed by atoms with Crippen molar-refractivity contribution in [1.29, 1.82) is 0 Å². The zero-order chi connectivity index (χ0) is 28.2. The molecule has 1 aliphatic heterocycles. The molecule has 0 N–H and O–H groups in total. The lowest BCUT2D eigenvalue weighted by Gasteiger charge is -2.45. The minimum atomic E-state index is -2.11. The molecule has 3 aromatic carbocycles. The van der Waals surface area contributed by atoms with E-state index in [1.54, 1.807) is 0 Å². The molecule has 1 saturated carbocycles. The summed E-state index contributed by atoms with van der Waals surface area (Å²) in [4.78, 5) is 0. The molecule has 6 heteroatoms. The van der Waals surface area contributed by atoms with Gasteiger partial charge in [-0.25, -0.2) is 0 Å². The van der Waals surface area contributed by atoms with Crippen molar-refractivity contribution < 1.29 is 23.4 Å². The highest BCUT2D eigenvalue weighted by Gasteiger charge is 2.63. The molecule has 40 heavy (non-hydrogen) atoms. The third kappa shape index (κ3) is 7.11. The Kier molecular flexibility index (Phi) is 9.25. The fourth-order valence-corrected chi connectivity index (χ4v) is 6.52. The third-order valence-corrected chi connectivity index (χ3v) is 13.1. The van der Waals surface area contributed by atoms with E-state index in [2.05, 4.69) is 70.3 Å². The van der Waals surface area contributed by atoms with Gasteiger partial charge in [-0.05, 0) is 34.8 Å². The second kappa shape index (κ2) is 12.7. The van der Waals surface area contributed by atoms with E-state index in [9.17, 15) is 0 Å². The van der Waals surface area contributed by atoms with Crippen molar-refractivity contribution >= 4 is 8.32 Å². The molecular weight excluding hydrogens is 516 g/mol. The highest BCUT2D eigenvalue weighted by Crippen LogP contribution is 2.48. The monoisotopic (exact) mass is 560 g/mol. The molecule has 0 amide bonds. The summed E-state index contributed by atoms with van der Waals surface area (Å²) in [5, 5.41) is 0.0669. The van der Waals surface area contributed by atoms with Gasteiger partial charge in [0.15, 0.2) is 8.32 Å². The van der Waals surface area contributed by atoms with Crippen LogP contribution in [0, 0.1) is 5.92 Å². The van der Waals surface area contributed by atoms with Gasteiger partial charge in [-0.3, -0.25) is 0 Å². The van der Waals surface area contributed by atoms with Crippen molar-refractivity contribution in [2.24, 2.45) is 5.92 Å². The molecule has 214 valence electrons. The first-order valence-electron chi connectivity index (χ1n) is 14.5. The first-order valence-corrected chi connectivity index (χ1v) is 17.4. The van der Waals surface area contributed by atoms with Crippen molar-refractivity contribution in [2.45, 2.75) is 89.2 Å². The Morgan fingerprint density at radius 2 is 1.10 bits per heavy atom. The lowest BCUT2D eigenvalue weighted by molar-refractivity contribution is -0.167. The topological polar surface area (TPSA) is 49.5 Å². The molecule has 0 unspecified atom stereocenters. The Balaban J connectivity index is 1.40. The summed E-state index contributed by atoms with van der Waals surface area (Å²) in [6.07, 6.45) is -0.703. The second-order valence-electron chi connectivity index (χ2n) is 12.6. The zero-order valence-corrected chi connectivity index (χ0v) is 25.5. The predicted molar refractivity (Wildman–Crippen MR) is 160 cm³/mol. The van der Waals surface area contributed by atoms with E-state index in [0.29, 0.717) is 26.4 Å². The number of epoxide rings is 1. The average Bonchev–Trinajstić information content (AvgIpc) is 3.74. The van der Waals surface area contributed by atoms with Crippen molar-refractivity contribution in [2.75, 3.05) is 6.61 Å². The summed E-state index contributed by atoms with van der Waals surface area (Å²) >= 11 is 0. The number of fused-ring (bicyclic) bond motifs is 1. The maximum Gasteiger partial charge on any atom is 0.192 e. The van der Waals surface area contributed by atoms with Crippen LogP contribution in [0.4, 0.5) is 0 Å². The van der Waals surface area contributed by atoms with E-state index in [1.807, 2.05) is 54.6 Å². The van der Waals surface area contributed by atoms with Gasteiger partial charge >= 0.3 is 0 Å². The van der Waals surface area contributed by atoms with E-state index < -0.39 is 8.32 Å². The van der Waals surface area contributed by atoms with Gasteiger partial charge in [-0.2, -0.15) is 0 Å². The zero-order valence-electron chi connectivity index (χ0n) is 24.5. The predicted octanol–water partition coefficient (Wildman–Crippen LogP) is 7.16. The van der Waals surface area contributed by atoms with Crippen molar-refractivity contribution in [3.63, 3.8) is 0 Å². The Morgan fingerprint density at radius 3 is 1.60 bits per heavy atom. The third-order valence-electron chi connectivity index (χ3n) is 8.61. The van der Waals surface area contributed by atoms with E-state index in [0.717, 1.165) is 16.7 Å². The first kappa shape index (κ1) is 29.2. The van der Waals surface area contributed by atoms with E-state index in [-0.39, 0.29) is 41.5 Å². The highest BCUT2D eigenvalue weighted by atomic mass is 28.4. The fourth-order valence-electron chi connectivity index (χ4n) is 5.22. The van der Waals surface area contributed by atoms with E-state index in [1.165, 1.54) is 0 Å². The summed E-state index contributed by atoms with van der Waals surface area (Å²) in [7, 11) is -2.11. The summed E-state index contributed by atoms with van der Waals surface area (Å²) in [6, 6.07) is 31.0. The van der Waals surface area contributed by atoms with Crippen LogP contribution in [0.15, 0.2) is 91.0 Å². The molecule has 6 atom stereocenters. The van der Waals surface area contributed by atoms with Gasteiger partial charge in [0.05, 0.1) is 38.6 Å². The van der Waals surface area contributed by atoms with Gasteiger partial charge in [-0.15, -0.1) is 0 Å². The molecule has 1 heterocycles. The largest absolute Gasteiger partial charge is 0.408 e. The molecule has 1 aliphatic carbocycles. The van der Waals surface area contributed by atoms with Crippen LogP contribution in [0.3, 0.4) is 0 Å². The van der Waals surface area contributed by atoms with Crippen LogP contribution in [-0.4, -0.2) is 45.4 Å². The Bertz CT molecular complexity index is 1180. The van der Waals surface area contributed by atoms with E-state index in [4.69, 9.17) is 23.4 Å². The van der Waals surface area contributed by atoms with Crippen LogP contribution in [0.5, 0.6) is 0 Å². The number of hydrogen-bond acceptors (Lipinski definition) is 5. The maximum absolute atomic E-state index is 7.07. The van der Waals surface area contributed by atoms with Crippen LogP contribution in [0.1, 0.15) is 37.5 Å². The van der Waals surface area contributed by atoms with Gasteiger partial charge in [0.2, 0.25) is 0 Å². The first-order chi connectivity index (χ1) is 19.2. The molecule has 2 fully saturated rings. The van der Waals surface area contributed by atoms with Gasteiger partial charge < -0.3 is 23.4 Å². The number of ether oxygens (including phenoxy) is 4. The average molecular weight is 561 g/mol. The number of rotatable bonds is 12.